The molecule has 1 rings (SSSR count). The first-order valence-corrected chi connectivity index (χ1v) is 7.03. The Bertz CT molecular complexity index is 514. The number of hydrogen-bond acceptors (Lipinski definition) is 6. The highest BCUT2D eigenvalue weighted by molar-refractivity contribution is 8.23. The third kappa shape index (κ3) is 3.64. The summed E-state index contributed by atoms with van der Waals surface area (Å²) >= 11 is 6.08. The van der Waals surface area contributed by atoms with Gasteiger partial charge in [0.25, 0.3) is 11.4 Å². The Kier molecular flexibility index (Phi) is 5.83. The SMILES string of the molecule is CCN(CC)C(=S)Sc1c([N+](=O)[O-])cccc1[N+](=O)[O-]. The van der Waals surface area contributed by atoms with Gasteiger partial charge in [0.05, 0.1) is 9.85 Å². The van der Waals surface area contributed by atoms with Crippen LogP contribution < -0.4 is 0 Å². The number of nitrogens with zero attached hydrogens (tertiary/aromatic N) is 3. The molecule has 0 aliphatic heterocycles. The summed E-state index contributed by atoms with van der Waals surface area (Å²) in [5, 5.41) is 22.0. The minimum absolute atomic E-state index is 0.0283. The zero-order chi connectivity index (χ0) is 15.3. The van der Waals surface area contributed by atoms with E-state index in [1.165, 1.54) is 18.2 Å². The zero-order valence-electron chi connectivity index (χ0n) is 10.9. The summed E-state index contributed by atoms with van der Waals surface area (Å²) in [6.45, 7) is 5.06. The maximum Gasteiger partial charge on any atom is 0.290 e. The summed E-state index contributed by atoms with van der Waals surface area (Å²) in [6.07, 6.45) is 0. The van der Waals surface area contributed by atoms with Crippen molar-refractivity contribution in [2.45, 2.75) is 18.7 Å². The van der Waals surface area contributed by atoms with E-state index in [-0.39, 0.29) is 16.3 Å². The second-order valence-electron chi connectivity index (χ2n) is 3.68. The number of thioether (sulfide) groups is 1. The Morgan fingerprint density at radius 2 is 1.65 bits per heavy atom. The van der Waals surface area contributed by atoms with Crippen LogP contribution in [0.15, 0.2) is 23.1 Å². The first-order valence-electron chi connectivity index (χ1n) is 5.80. The molecule has 0 amide bonds. The predicted molar refractivity (Wildman–Crippen MR) is 81.1 cm³/mol. The summed E-state index contributed by atoms with van der Waals surface area (Å²) < 4.78 is 0.382. The highest BCUT2D eigenvalue weighted by Gasteiger charge is 2.27. The van der Waals surface area contributed by atoms with Crippen molar-refractivity contribution in [1.82, 2.24) is 4.90 Å². The maximum atomic E-state index is 11.0. The molecule has 0 heterocycles. The monoisotopic (exact) mass is 315 g/mol. The number of thiocarbonyl (C=S) groups is 1. The van der Waals surface area contributed by atoms with Crippen molar-refractivity contribution in [3.63, 3.8) is 0 Å². The molecule has 0 N–H and O–H groups in total. The quantitative estimate of drug-likeness (QED) is 0.356. The van der Waals surface area contributed by atoms with E-state index in [9.17, 15) is 20.2 Å². The van der Waals surface area contributed by atoms with Crippen LogP contribution in [0.3, 0.4) is 0 Å². The van der Waals surface area contributed by atoms with Crippen molar-refractivity contribution in [3.8, 4) is 0 Å². The lowest BCUT2D eigenvalue weighted by Crippen LogP contribution is -2.26. The largest absolute Gasteiger partial charge is 0.358 e. The maximum absolute atomic E-state index is 11.0. The van der Waals surface area contributed by atoms with Gasteiger partial charge in [-0.3, -0.25) is 20.2 Å². The molecule has 0 aliphatic carbocycles. The first kappa shape index (κ1) is 16.3. The van der Waals surface area contributed by atoms with Crippen LogP contribution >= 0.6 is 24.0 Å². The van der Waals surface area contributed by atoms with Crippen LogP contribution in [0.1, 0.15) is 13.8 Å². The smallest absolute Gasteiger partial charge is 0.290 e. The molecule has 0 aliphatic rings. The second-order valence-corrected chi connectivity index (χ2v) is 5.32. The van der Waals surface area contributed by atoms with Gasteiger partial charge in [-0.25, -0.2) is 0 Å². The molecule has 0 atom stereocenters. The van der Waals surface area contributed by atoms with Crippen molar-refractivity contribution < 1.29 is 9.85 Å². The Balaban J connectivity index is 3.24. The van der Waals surface area contributed by atoms with Crippen LogP contribution in [0.5, 0.6) is 0 Å². The molecule has 0 saturated carbocycles. The van der Waals surface area contributed by atoms with Crippen LogP contribution in [0.4, 0.5) is 11.4 Å². The van der Waals surface area contributed by atoms with Crippen molar-refractivity contribution in [3.05, 3.63) is 38.4 Å². The Morgan fingerprint density at radius 1 is 1.20 bits per heavy atom. The fourth-order valence-electron chi connectivity index (χ4n) is 1.54. The van der Waals surface area contributed by atoms with Crippen molar-refractivity contribution in [1.29, 1.82) is 0 Å². The highest BCUT2D eigenvalue weighted by atomic mass is 32.2. The fourth-order valence-corrected chi connectivity index (χ4v) is 3.10. The van der Waals surface area contributed by atoms with Crippen molar-refractivity contribution in [2.75, 3.05) is 13.1 Å². The third-order valence-corrected chi connectivity index (χ3v) is 4.14. The summed E-state index contributed by atoms with van der Waals surface area (Å²) in [5.41, 5.74) is -0.614. The molecule has 0 unspecified atom stereocenters. The highest BCUT2D eigenvalue weighted by Crippen LogP contribution is 2.38. The van der Waals surface area contributed by atoms with Crippen molar-refractivity contribution in [2.24, 2.45) is 0 Å². The van der Waals surface area contributed by atoms with E-state index in [1.807, 2.05) is 13.8 Å². The molecule has 7 nitrogen and oxygen atoms in total. The second kappa shape index (κ2) is 7.15. The van der Waals surface area contributed by atoms with Gasteiger partial charge in [0.2, 0.25) is 0 Å². The number of benzene rings is 1. The van der Waals surface area contributed by atoms with Gasteiger partial charge in [0.1, 0.15) is 4.32 Å². The van der Waals surface area contributed by atoms with E-state index in [0.29, 0.717) is 17.4 Å². The number of rotatable bonds is 5. The lowest BCUT2D eigenvalue weighted by molar-refractivity contribution is -0.399. The van der Waals surface area contributed by atoms with Crippen LogP contribution in [0, 0.1) is 20.2 Å². The van der Waals surface area contributed by atoms with Crippen LogP contribution in [0.25, 0.3) is 0 Å². The third-order valence-electron chi connectivity index (χ3n) is 2.58. The van der Waals surface area contributed by atoms with Crippen LogP contribution in [-0.2, 0) is 0 Å². The van der Waals surface area contributed by atoms with E-state index in [1.54, 1.807) is 4.90 Å². The predicted octanol–water partition coefficient (Wildman–Crippen LogP) is 3.22. The zero-order valence-corrected chi connectivity index (χ0v) is 12.6. The summed E-state index contributed by atoms with van der Waals surface area (Å²) in [5.74, 6) is 0. The van der Waals surface area contributed by atoms with Crippen LogP contribution in [0.2, 0.25) is 0 Å². The lowest BCUT2D eigenvalue weighted by atomic mass is 10.3. The van der Waals surface area contributed by atoms with Gasteiger partial charge in [0.15, 0.2) is 4.90 Å². The molecule has 1 aromatic carbocycles. The van der Waals surface area contributed by atoms with Gasteiger partial charge in [-0.15, -0.1) is 0 Å². The lowest BCUT2D eigenvalue weighted by Gasteiger charge is -2.20. The average Bonchev–Trinajstić information content (AvgIpc) is 2.39. The normalized spacial score (nSPS) is 10.1. The Labute approximate surface area is 125 Å². The van der Waals surface area contributed by atoms with E-state index in [2.05, 4.69) is 0 Å². The summed E-state index contributed by atoms with van der Waals surface area (Å²) in [7, 11) is 0. The van der Waals surface area contributed by atoms with Gasteiger partial charge < -0.3 is 4.90 Å². The van der Waals surface area contributed by atoms with Gasteiger partial charge in [-0.2, -0.15) is 0 Å². The molecule has 0 radical (unpaired) electrons. The van der Waals surface area contributed by atoms with Crippen LogP contribution in [-0.4, -0.2) is 32.2 Å². The topological polar surface area (TPSA) is 89.5 Å². The molecule has 0 bridgehead atoms. The van der Waals surface area contributed by atoms with E-state index in [4.69, 9.17) is 12.2 Å². The molecule has 20 heavy (non-hydrogen) atoms. The Hall–Kier alpha value is -1.74. The number of nitro benzene ring substituents is 2. The molecule has 108 valence electrons. The Morgan fingerprint density at radius 3 is 2.00 bits per heavy atom. The summed E-state index contributed by atoms with van der Waals surface area (Å²) in [4.78, 5) is 22.5. The molecule has 9 heteroatoms. The molecule has 0 saturated heterocycles. The average molecular weight is 315 g/mol. The van der Waals surface area contributed by atoms with Gasteiger partial charge in [-0.1, -0.05) is 12.2 Å². The number of nitro groups is 2. The van der Waals surface area contributed by atoms with Crippen molar-refractivity contribution >= 4 is 39.7 Å². The molecular weight excluding hydrogens is 302 g/mol. The van der Waals surface area contributed by atoms with Gasteiger partial charge in [0, 0.05) is 25.2 Å². The fraction of sp³-hybridized carbons (Fsp3) is 0.364. The van der Waals surface area contributed by atoms with Gasteiger partial charge >= 0.3 is 0 Å². The van der Waals surface area contributed by atoms with E-state index >= 15 is 0 Å². The minimum Gasteiger partial charge on any atom is -0.358 e. The van der Waals surface area contributed by atoms with E-state index in [0.717, 1.165) is 11.8 Å². The molecule has 0 aromatic heterocycles. The minimum atomic E-state index is -0.639. The number of hydrogen-bond donors (Lipinski definition) is 0. The molecular formula is C11H13N3O4S2. The first-order chi connectivity index (χ1) is 9.42. The standard InChI is InChI=1S/C11H13N3O4S2/c1-3-12(4-2)11(19)20-10-8(13(15)16)6-5-7-9(10)14(17)18/h5-7H,3-4H2,1-2H3. The van der Waals surface area contributed by atoms with Gasteiger partial charge in [-0.05, 0) is 31.7 Å². The summed E-state index contributed by atoms with van der Waals surface area (Å²) in [6, 6.07) is 3.77. The molecule has 0 fully saturated rings. The molecule has 0 spiro atoms. The van der Waals surface area contributed by atoms with E-state index < -0.39 is 9.85 Å². The molecule has 1 aromatic rings.